The van der Waals surface area contributed by atoms with E-state index in [-0.39, 0.29) is 18.3 Å². The van der Waals surface area contributed by atoms with E-state index in [0.717, 1.165) is 54.0 Å². The molecule has 1 fully saturated rings. The van der Waals surface area contributed by atoms with E-state index < -0.39 is 11.8 Å². The molecule has 2 aliphatic rings. The first kappa shape index (κ1) is 24.8. The zero-order valence-electron chi connectivity index (χ0n) is 20.6. The van der Waals surface area contributed by atoms with Crippen molar-refractivity contribution >= 4 is 28.6 Å². The number of aromatic nitrogens is 3. The van der Waals surface area contributed by atoms with Crippen LogP contribution in [0.1, 0.15) is 39.3 Å². The number of aromatic carboxylic acids is 1. The lowest BCUT2D eigenvalue weighted by Crippen LogP contribution is -2.34. The van der Waals surface area contributed by atoms with Crippen LogP contribution in [0.4, 0.5) is 4.39 Å². The van der Waals surface area contributed by atoms with Crippen LogP contribution in [-0.2, 0) is 37.4 Å². The average molecular weight is 537 g/mol. The number of ether oxygens (including phenoxy) is 2. The van der Waals surface area contributed by atoms with Gasteiger partial charge in [0, 0.05) is 42.5 Å². The summed E-state index contributed by atoms with van der Waals surface area (Å²) in [6.07, 6.45) is 3.75. The number of rotatable bonds is 8. The fraction of sp³-hybridized carbons (Fsp3) is 0.321. The lowest BCUT2D eigenvalue weighted by atomic mass is 10.0. The Hall–Kier alpha value is -3.53. The number of fused-ring (bicyclic) bond motifs is 2. The zero-order valence-corrected chi connectivity index (χ0v) is 21.3. The van der Waals surface area contributed by atoms with Crippen LogP contribution in [0.3, 0.4) is 0 Å². The normalized spacial score (nSPS) is 17.3. The van der Waals surface area contributed by atoms with Crippen molar-refractivity contribution in [3.63, 3.8) is 0 Å². The minimum Gasteiger partial charge on any atom is -0.478 e. The molecule has 0 amide bonds. The second-order valence-corrected chi connectivity index (χ2v) is 10.1. The Kier molecular flexibility index (Phi) is 6.73. The van der Waals surface area contributed by atoms with Gasteiger partial charge >= 0.3 is 5.97 Å². The summed E-state index contributed by atoms with van der Waals surface area (Å²) in [6.45, 7) is 3.59. The Bertz CT molecular complexity index is 1520. The number of carbonyl (C=O) groups is 1. The van der Waals surface area contributed by atoms with Crippen LogP contribution in [0.2, 0.25) is 5.02 Å². The summed E-state index contributed by atoms with van der Waals surface area (Å²) in [6, 6.07) is 11.5. The maximum absolute atomic E-state index is 14.1. The number of benzene rings is 2. The van der Waals surface area contributed by atoms with Gasteiger partial charge in [0.15, 0.2) is 0 Å². The molecule has 1 saturated heterocycles. The maximum atomic E-state index is 14.1. The molecule has 8 nitrogen and oxygen atoms in total. The van der Waals surface area contributed by atoms with Crippen molar-refractivity contribution in [3.8, 4) is 5.88 Å². The van der Waals surface area contributed by atoms with E-state index in [1.54, 1.807) is 30.3 Å². The second kappa shape index (κ2) is 10.3. The van der Waals surface area contributed by atoms with E-state index in [1.165, 1.54) is 6.07 Å². The molecule has 0 saturated carbocycles. The summed E-state index contributed by atoms with van der Waals surface area (Å²) in [5.41, 5.74) is 4.50. The molecule has 0 radical (unpaired) electrons. The first-order chi connectivity index (χ1) is 18.4. The second-order valence-electron chi connectivity index (χ2n) is 9.71. The molecule has 38 heavy (non-hydrogen) atoms. The molecule has 0 bridgehead atoms. The van der Waals surface area contributed by atoms with Gasteiger partial charge in [0.25, 0.3) is 0 Å². The first-order valence-electron chi connectivity index (χ1n) is 12.5. The zero-order chi connectivity index (χ0) is 26.2. The number of carboxylic acids is 1. The van der Waals surface area contributed by atoms with E-state index in [2.05, 4.69) is 14.5 Å². The van der Waals surface area contributed by atoms with Gasteiger partial charge in [0.1, 0.15) is 18.2 Å². The van der Waals surface area contributed by atoms with Gasteiger partial charge in [-0.3, -0.25) is 4.90 Å². The molecule has 1 atom stereocenters. The highest BCUT2D eigenvalue weighted by Crippen LogP contribution is 2.27. The van der Waals surface area contributed by atoms with Gasteiger partial charge in [-0.05, 0) is 54.3 Å². The molecule has 6 rings (SSSR count). The molecule has 0 spiro atoms. The highest BCUT2D eigenvalue weighted by atomic mass is 35.5. The first-order valence-corrected chi connectivity index (χ1v) is 12.9. The van der Waals surface area contributed by atoms with E-state index in [9.17, 15) is 14.3 Å². The van der Waals surface area contributed by atoms with Crippen LogP contribution in [0, 0.1) is 5.82 Å². The number of nitrogens with zero attached hydrogens (tertiary/aromatic N) is 4. The molecule has 2 aliphatic heterocycles. The summed E-state index contributed by atoms with van der Waals surface area (Å²) in [5.74, 6) is -0.0489. The van der Waals surface area contributed by atoms with E-state index >= 15 is 0 Å². The van der Waals surface area contributed by atoms with Crippen LogP contribution in [0.15, 0.2) is 48.7 Å². The molecular weight excluding hydrogens is 511 g/mol. The lowest BCUT2D eigenvalue weighted by molar-refractivity contribution is -0.0592. The van der Waals surface area contributed by atoms with E-state index in [0.29, 0.717) is 36.1 Å². The highest BCUT2D eigenvalue weighted by Gasteiger charge is 2.25. The molecule has 2 aromatic carbocycles. The van der Waals surface area contributed by atoms with Crippen molar-refractivity contribution < 1.29 is 23.8 Å². The highest BCUT2D eigenvalue weighted by molar-refractivity contribution is 6.30. The Morgan fingerprint density at radius 1 is 1.21 bits per heavy atom. The quantitative estimate of drug-likeness (QED) is 0.344. The molecule has 0 aliphatic carbocycles. The van der Waals surface area contributed by atoms with Crippen LogP contribution < -0.4 is 4.74 Å². The smallest absolute Gasteiger partial charge is 0.335 e. The van der Waals surface area contributed by atoms with Crippen molar-refractivity contribution in [2.75, 3.05) is 13.2 Å². The molecule has 4 aromatic rings. The van der Waals surface area contributed by atoms with Crippen molar-refractivity contribution in [1.82, 2.24) is 19.4 Å². The third-order valence-corrected chi connectivity index (χ3v) is 7.39. The predicted octanol–water partition coefficient (Wildman–Crippen LogP) is 4.85. The molecule has 1 N–H and O–H groups in total. The van der Waals surface area contributed by atoms with Gasteiger partial charge in [-0.15, -0.1) is 0 Å². The van der Waals surface area contributed by atoms with Crippen LogP contribution in [0.5, 0.6) is 5.88 Å². The summed E-state index contributed by atoms with van der Waals surface area (Å²) < 4.78 is 27.7. The fourth-order valence-corrected chi connectivity index (χ4v) is 5.10. The standard InChI is InChI=1S/C28H26ClFN4O4/c29-21-3-1-19(23(30)11-21)16-38-27-10-20-13-33(7-5-18(20)12-31-27)15-26-32-24-4-2-17(28(35)36)9-25(24)34(26)14-22-6-8-37-22/h1-4,9-12,22H,5-8,13-16H2,(H,35,36)/t22-/m0/s1. The minimum absolute atomic E-state index is 0.0596. The molecule has 196 valence electrons. The monoisotopic (exact) mass is 536 g/mol. The van der Waals surface area contributed by atoms with E-state index in [4.69, 9.17) is 26.1 Å². The van der Waals surface area contributed by atoms with Crippen molar-refractivity contribution in [1.29, 1.82) is 0 Å². The molecule has 0 unspecified atom stereocenters. The SMILES string of the molecule is O=C(O)c1ccc2nc(CN3CCc4cnc(OCc5ccc(Cl)cc5F)cc4C3)n(C[C@@H]3CCO3)c2c1. The molecular formula is C28H26ClFN4O4. The number of halogens is 2. The summed E-state index contributed by atoms with van der Waals surface area (Å²) in [7, 11) is 0. The largest absolute Gasteiger partial charge is 0.478 e. The van der Waals surface area contributed by atoms with Gasteiger partial charge in [-0.2, -0.15) is 0 Å². The third-order valence-electron chi connectivity index (χ3n) is 7.16. The number of hydrogen-bond donors (Lipinski definition) is 1. The molecule has 2 aromatic heterocycles. The number of pyridine rings is 1. The van der Waals surface area contributed by atoms with Crippen LogP contribution in [-0.4, -0.2) is 49.8 Å². The Labute approximate surface area is 223 Å². The van der Waals surface area contributed by atoms with E-state index in [1.807, 2.05) is 12.3 Å². The average Bonchev–Trinajstić information content (AvgIpc) is 3.21. The number of imidazole rings is 1. The third kappa shape index (κ3) is 5.09. The Balaban J connectivity index is 1.20. The summed E-state index contributed by atoms with van der Waals surface area (Å²) in [5, 5.41) is 9.83. The van der Waals surface area contributed by atoms with Gasteiger partial charge in [0.05, 0.1) is 35.8 Å². The number of carboxylic acid groups (broad SMARTS) is 1. The Morgan fingerprint density at radius 2 is 2.08 bits per heavy atom. The van der Waals surface area contributed by atoms with Gasteiger partial charge in [-0.25, -0.2) is 19.2 Å². The Morgan fingerprint density at radius 3 is 2.84 bits per heavy atom. The van der Waals surface area contributed by atoms with Gasteiger partial charge in [-0.1, -0.05) is 17.7 Å². The summed E-state index contributed by atoms with van der Waals surface area (Å²) in [4.78, 5) is 23.1. The number of hydrogen-bond acceptors (Lipinski definition) is 6. The van der Waals surface area contributed by atoms with Crippen molar-refractivity contribution in [2.24, 2.45) is 0 Å². The van der Waals surface area contributed by atoms with Gasteiger partial charge < -0.3 is 19.1 Å². The van der Waals surface area contributed by atoms with Crippen molar-refractivity contribution in [2.45, 2.75) is 45.2 Å². The van der Waals surface area contributed by atoms with Gasteiger partial charge in [0.2, 0.25) is 5.88 Å². The van der Waals surface area contributed by atoms with Crippen molar-refractivity contribution in [3.05, 3.63) is 87.6 Å². The van der Waals surface area contributed by atoms with Crippen LogP contribution in [0.25, 0.3) is 11.0 Å². The predicted molar refractivity (Wildman–Crippen MR) is 139 cm³/mol. The summed E-state index contributed by atoms with van der Waals surface area (Å²) >= 11 is 5.84. The maximum Gasteiger partial charge on any atom is 0.335 e. The van der Waals surface area contributed by atoms with Crippen LogP contribution >= 0.6 is 11.6 Å². The molecule has 10 heteroatoms. The minimum atomic E-state index is -0.959. The lowest BCUT2D eigenvalue weighted by Gasteiger charge is -2.30. The topological polar surface area (TPSA) is 89.7 Å². The molecule has 4 heterocycles. The fourth-order valence-electron chi connectivity index (χ4n) is 4.94.